The predicted molar refractivity (Wildman–Crippen MR) is 86.2 cm³/mol. The molecule has 0 radical (unpaired) electrons. The topological polar surface area (TPSA) is 67.1 Å². The minimum absolute atomic E-state index is 0.629. The van der Waals surface area contributed by atoms with Crippen molar-refractivity contribution in [2.45, 2.75) is 58.3 Å². The zero-order valence-corrected chi connectivity index (χ0v) is 13.1. The molecule has 1 aromatic heterocycles. The smallest absolute Gasteiger partial charge is 0.145 e. The Balaban J connectivity index is 1.71. The Morgan fingerprint density at radius 2 is 1.86 bits per heavy atom. The summed E-state index contributed by atoms with van der Waals surface area (Å²) in [6, 6.07) is 1.97. The summed E-state index contributed by atoms with van der Waals surface area (Å²) < 4.78 is 0. The molecule has 0 atom stereocenters. The molecule has 21 heavy (non-hydrogen) atoms. The molecule has 5 nitrogen and oxygen atoms in total. The molecule has 2 heterocycles. The second kappa shape index (κ2) is 6.18. The number of nitrogens with zero attached hydrogens (tertiary/aromatic N) is 3. The normalized spacial score (nSPS) is 21.5. The number of hydrogen-bond donors (Lipinski definition) is 2. The summed E-state index contributed by atoms with van der Waals surface area (Å²) in [6.45, 7) is 4.31. The molecule has 116 valence electrons. The van der Waals surface area contributed by atoms with Gasteiger partial charge in [-0.1, -0.05) is 26.2 Å². The van der Waals surface area contributed by atoms with E-state index in [1.54, 1.807) is 0 Å². The average molecular weight is 289 g/mol. The lowest BCUT2D eigenvalue weighted by molar-refractivity contribution is 0.144. The van der Waals surface area contributed by atoms with Crippen LogP contribution in [0, 0.1) is 5.41 Å². The van der Waals surface area contributed by atoms with Crippen molar-refractivity contribution in [3.63, 3.8) is 0 Å². The molecule has 1 saturated carbocycles. The van der Waals surface area contributed by atoms with Gasteiger partial charge in [0.1, 0.15) is 17.5 Å². The molecule has 1 aliphatic carbocycles. The summed E-state index contributed by atoms with van der Waals surface area (Å²) in [5, 5.41) is 0. The summed E-state index contributed by atoms with van der Waals surface area (Å²) in [6.07, 6.45) is 10.6. The quantitative estimate of drug-likeness (QED) is 0.661. The Bertz CT molecular complexity index is 449. The van der Waals surface area contributed by atoms with E-state index < -0.39 is 0 Å². The maximum Gasteiger partial charge on any atom is 0.145 e. The molecule has 1 aliphatic heterocycles. The van der Waals surface area contributed by atoms with E-state index in [-0.39, 0.29) is 0 Å². The fourth-order valence-corrected chi connectivity index (χ4v) is 3.89. The Morgan fingerprint density at radius 1 is 1.14 bits per heavy atom. The number of hydrogen-bond acceptors (Lipinski definition) is 5. The second-order valence-corrected chi connectivity index (χ2v) is 6.57. The number of nitrogens with one attached hydrogen (secondary N) is 1. The van der Waals surface area contributed by atoms with Gasteiger partial charge in [0.2, 0.25) is 0 Å². The molecule has 3 rings (SSSR count). The number of aromatic nitrogens is 2. The van der Waals surface area contributed by atoms with E-state index in [0.29, 0.717) is 5.41 Å². The Labute approximate surface area is 127 Å². The van der Waals surface area contributed by atoms with Crippen molar-refractivity contribution in [2.75, 3.05) is 23.4 Å². The lowest BCUT2D eigenvalue weighted by Crippen LogP contribution is -2.41. The monoisotopic (exact) mass is 289 g/mol. The maximum absolute atomic E-state index is 5.52. The van der Waals surface area contributed by atoms with Crippen LogP contribution in [-0.2, 0) is 6.42 Å². The van der Waals surface area contributed by atoms with Crippen LogP contribution in [0.15, 0.2) is 6.07 Å². The highest BCUT2D eigenvalue weighted by Gasteiger charge is 2.35. The molecule has 0 unspecified atom stereocenters. The third kappa shape index (κ3) is 3.12. The standard InChI is InChI=1S/C16H27N5/c1-2-13-18-14(20-17)12-15(19-13)21-10-8-16(9-11-21)6-4-3-5-7-16/h12H,2-11,17H2,1H3,(H,18,19,20). The van der Waals surface area contributed by atoms with Gasteiger partial charge in [0.05, 0.1) is 0 Å². The van der Waals surface area contributed by atoms with Crippen LogP contribution in [0.5, 0.6) is 0 Å². The number of piperidine rings is 1. The minimum Gasteiger partial charge on any atom is -0.356 e. The van der Waals surface area contributed by atoms with E-state index in [4.69, 9.17) is 5.84 Å². The number of nitrogen functional groups attached to an aromatic ring is 1. The SMILES string of the molecule is CCc1nc(NN)cc(N2CCC3(CCCCC3)CC2)n1. The lowest BCUT2D eigenvalue weighted by atomic mass is 9.68. The van der Waals surface area contributed by atoms with Crippen molar-refractivity contribution in [3.8, 4) is 0 Å². The maximum atomic E-state index is 5.52. The van der Waals surface area contributed by atoms with Gasteiger partial charge in [-0.05, 0) is 31.1 Å². The summed E-state index contributed by atoms with van der Waals surface area (Å²) in [5.41, 5.74) is 3.29. The van der Waals surface area contributed by atoms with Crippen molar-refractivity contribution < 1.29 is 0 Å². The Morgan fingerprint density at radius 3 is 2.48 bits per heavy atom. The number of aryl methyl sites for hydroxylation is 1. The van der Waals surface area contributed by atoms with Crippen LogP contribution in [0.1, 0.15) is 57.7 Å². The highest BCUT2D eigenvalue weighted by molar-refractivity contribution is 5.49. The first-order chi connectivity index (χ1) is 10.2. The molecule has 2 fully saturated rings. The van der Waals surface area contributed by atoms with Crippen molar-refractivity contribution >= 4 is 11.6 Å². The second-order valence-electron chi connectivity index (χ2n) is 6.57. The van der Waals surface area contributed by atoms with Gasteiger partial charge in [0.25, 0.3) is 0 Å². The van der Waals surface area contributed by atoms with Crippen molar-refractivity contribution in [1.29, 1.82) is 0 Å². The summed E-state index contributed by atoms with van der Waals surface area (Å²) in [7, 11) is 0. The van der Waals surface area contributed by atoms with Gasteiger partial charge in [-0.2, -0.15) is 0 Å². The van der Waals surface area contributed by atoms with Crippen LogP contribution in [0.2, 0.25) is 0 Å². The first-order valence-corrected chi connectivity index (χ1v) is 8.34. The molecule has 1 saturated heterocycles. The van der Waals surface area contributed by atoms with Gasteiger partial charge < -0.3 is 10.3 Å². The fraction of sp³-hybridized carbons (Fsp3) is 0.750. The van der Waals surface area contributed by atoms with E-state index in [1.165, 1.54) is 44.9 Å². The van der Waals surface area contributed by atoms with E-state index in [0.717, 1.165) is 37.0 Å². The lowest BCUT2D eigenvalue weighted by Gasteiger charge is -2.44. The van der Waals surface area contributed by atoms with Crippen molar-refractivity contribution in [3.05, 3.63) is 11.9 Å². The van der Waals surface area contributed by atoms with Gasteiger partial charge in [0, 0.05) is 25.6 Å². The summed E-state index contributed by atoms with van der Waals surface area (Å²) in [5.74, 6) is 8.13. The van der Waals surface area contributed by atoms with Crippen molar-refractivity contribution in [2.24, 2.45) is 11.3 Å². The van der Waals surface area contributed by atoms with Crippen LogP contribution in [0.3, 0.4) is 0 Å². The Hall–Kier alpha value is -1.36. The van der Waals surface area contributed by atoms with E-state index in [1.807, 2.05) is 6.07 Å². The van der Waals surface area contributed by atoms with Crippen LogP contribution >= 0.6 is 0 Å². The van der Waals surface area contributed by atoms with Gasteiger partial charge in [-0.3, -0.25) is 0 Å². The molecule has 1 aromatic rings. The molecule has 2 aliphatic rings. The number of hydrazine groups is 1. The molecule has 5 heteroatoms. The highest BCUT2D eigenvalue weighted by atomic mass is 15.3. The predicted octanol–water partition coefficient (Wildman–Crippen LogP) is 2.88. The summed E-state index contributed by atoms with van der Waals surface area (Å²) >= 11 is 0. The first kappa shape index (κ1) is 14.6. The summed E-state index contributed by atoms with van der Waals surface area (Å²) in [4.78, 5) is 11.5. The fourth-order valence-electron chi connectivity index (χ4n) is 3.89. The molecule has 3 N–H and O–H groups in total. The zero-order valence-electron chi connectivity index (χ0n) is 13.1. The van der Waals surface area contributed by atoms with Gasteiger partial charge in [-0.15, -0.1) is 0 Å². The average Bonchev–Trinajstić information content (AvgIpc) is 2.55. The first-order valence-electron chi connectivity index (χ1n) is 8.34. The molecule has 0 bridgehead atoms. The number of rotatable bonds is 3. The Kier molecular flexibility index (Phi) is 4.29. The van der Waals surface area contributed by atoms with Crippen LogP contribution in [0.25, 0.3) is 0 Å². The van der Waals surface area contributed by atoms with Gasteiger partial charge >= 0.3 is 0 Å². The highest BCUT2D eigenvalue weighted by Crippen LogP contribution is 2.45. The van der Waals surface area contributed by atoms with Crippen LogP contribution < -0.4 is 16.2 Å². The number of nitrogens with two attached hydrogens (primary N) is 1. The third-order valence-electron chi connectivity index (χ3n) is 5.29. The molecular weight excluding hydrogens is 262 g/mol. The van der Waals surface area contributed by atoms with E-state index in [9.17, 15) is 0 Å². The molecule has 0 amide bonds. The number of anilines is 2. The molecule has 0 aromatic carbocycles. The largest absolute Gasteiger partial charge is 0.356 e. The van der Waals surface area contributed by atoms with Crippen LogP contribution in [0.4, 0.5) is 11.6 Å². The van der Waals surface area contributed by atoms with E-state index in [2.05, 4.69) is 27.2 Å². The molecule has 1 spiro atoms. The van der Waals surface area contributed by atoms with Crippen LogP contribution in [-0.4, -0.2) is 23.1 Å². The zero-order chi connectivity index (χ0) is 14.7. The van der Waals surface area contributed by atoms with Crippen molar-refractivity contribution in [1.82, 2.24) is 9.97 Å². The minimum atomic E-state index is 0.629. The van der Waals surface area contributed by atoms with E-state index >= 15 is 0 Å². The molecular formula is C16H27N5. The van der Waals surface area contributed by atoms with Gasteiger partial charge in [0.15, 0.2) is 0 Å². The third-order valence-corrected chi connectivity index (χ3v) is 5.29. The van der Waals surface area contributed by atoms with Gasteiger partial charge in [-0.25, -0.2) is 15.8 Å².